The summed E-state index contributed by atoms with van der Waals surface area (Å²) in [6, 6.07) is 4.80. The minimum atomic E-state index is -0.339. The van der Waals surface area contributed by atoms with Crippen LogP contribution in [-0.4, -0.2) is 15.5 Å². The first kappa shape index (κ1) is 21.3. The Balaban J connectivity index is 1.60. The zero-order valence-electron chi connectivity index (χ0n) is 17.1. The molecule has 1 amide bonds. The molecule has 0 aliphatic heterocycles. The second-order valence-corrected chi connectivity index (χ2v) is 10.8. The second kappa shape index (κ2) is 7.98. The second-order valence-electron chi connectivity index (χ2n) is 8.87. The molecule has 0 saturated heterocycles. The molecule has 2 aromatic heterocycles. The number of carbonyl (C=O) groups is 1. The van der Waals surface area contributed by atoms with Crippen molar-refractivity contribution in [3.8, 4) is 0 Å². The summed E-state index contributed by atoms with van der Waals surface area (Å²) in [5, 5.41) is 4.26. The molecule has 5 nitrogen and oxygen atoms in total. The van der Waals surface area contributed by atoms with Gasteiger partial charge in [0.25, 0.3) is 5.56 Å². The lowest BCUT2D eigenvalue weighted by Crippen LogP contribution is -2.29. The minimum absolute atomic E-state index is 0.124. The maximum absolute atomic E-state index is 13.1. The smallest absolute Gasteiger partial charge is 0.262 e. The van der Waals surface area contributed by atoms with Crippen LogP contribution in [0.15, 0.2) is 29.3 Å². The number of fused-ring (bicyclic) bond motifs is 3. The average molecular weight is 464 g/mol. The van der Waals surface area contributed by atoms with E-state index in [2.05, 4.69) is 31.1 Å². The Morgan fingerprint density at radius 3 is 2.63 bits per heavy atom. The molecule has 30 heavy (non-hydrogen) atoms. The van der Waals surface area contributed by atoms with E-state index >= 15 is 0 Å². The highest BCUT2D eigenvalue weighted by atomic mass is 35.5. The van der Waals surface area contributed by atoms with Crippen molar-refractivity contribution in [2.24, 2.45) is 11.3 Å². The molecule has 0 saturated carbocycles. The molecule has 8 heteroatoms. The Labute approximate surface area is 189 Å². The summed E-state index contributed by atoms with van der Waals surface area (Å²) < 4.78 is 1.37. The molecule has 1 atom stereocenters. The Morgan fingerprint density at radius 2 is 1.97 bits per heavy atom. The summed E-state index contributed by atoms with van der Waals surface area (Å²) >= 11 is 13.6. The molecule has 3 aromatic rings. The van der Waals surface area contributed by atoms with Gasteiger partial charge >= 0.3 is 0 Å². The largest absolute Gasteiger partial charge is 0.324 e. The summed E-state index contributed by atoms with van der Waals surface area (Å²) in [5.41, 5.74) is 1.68. The third-order valence-electron chi connectivity index (χ3n) is 5.72. The number of aromatic nitrogens is 2. The van der Waals surface area contributed by atoms with Crippen LogP contribution in [-0.2, 0) is 24.2 Å². The molecule has 158 valence electrons. The number of aryl methyl sites for hydroxylation is 1. The molecule has 0 radical (unpaired) electrons. The number of benzene rings is 1. The van der Waals surface area contributed by atoms with E-state index in [9.17, 15) is 9.59 Å². The molecular formula is C22H23Cl2N3O2S. The monoisotopic (exact) mass is 463 g/mol. The molecule has 0 bridgehead atoms. The van der Waals surface area contributed by atoms with Crippen molar-refractivity contribution in [2.45, 2.75) is 46.6 Å². The van der Waals surface area contributed by atoms with Crippen LogP contribution >= 0.6 is 34.5 Å². The first-order valence-electron chi connectivity index (χ1n) is 9.87. The molecule has 1 aromatic carbocycles. The van der Waals surface area contributed by atoms with Crippen molar-refractivity contribution < 1.29 is 4.79 Å². The maximum Gasteiger partial charge on any atom is 0.262 e. The fraction of sp³-hybridized carbons (Fsp3) is 0.409. The molecule has 4 rings (SSSR count). The number of hydrogen-bond donors (Lipinski definition) is 1. The number of halogens is 2. The van der Waals surface area contributed by atoms with Gasteiger partial charge in [0.05, 0.1) is 11.7 Å². The minimum Gasteiger partial charge on any atom is -0.324 e. The van der Waals surface area contributed by atoms with Crippen LogP contribution in [0.4, 0.5) is 5.69 Å². The van der Waals surface area contributed by atoms with Gasteiger partial charge in [-0.05, 0) is 54.4 Å². The molecule has 1 aliphatic rings. The van der Waals surface area contributed by atoms with Gasteiger partial charge in [0.1, 0.15) is 11.4 Å². The maximum atomic E-state index is 13.1. The fourth-order valence-electron chi connectivity index (χ4n) is 4.03. The molecule has 1 N–H and O–H groups in total. The van der Waals surface area contributed by atoms with Gasteiger partial charge < -0.3 is 5.32 Å². The van der Waals surface area contributed by atoms with Gasteiger partial charge in [-0.2, -0.15) is 0 Å². The van der Waals surface area contributed by atoms with E-state index in [4.69, 9.17) is 23.2 Å². The molecular weight excluding hydrogens is 441 g/mol. The number of nitrogens with zero attached hydrogens (tertiary/aromatic N) is 2. The van der Waals surface area contributed by atoms with E-state index in [0.29, 0.717) is 27.0 Å². The van der Waals surface area contributed by atoms with E-state index in [1.54, 1.807) is 29.5 Å². The van der Waals surface area contributed by atoms with Crippen molar-refractivity contribution in [3.63, 3.8) is 0 Å². The number of nitrogens with one attached hydrogen (secondary N) is 1. The third kappa shape index (κ3) is 4.27. The topological polar surface area (TPSA) is 64.0 Å². The van der Waals surface area contributed by atoms with Crippen LogP contribution in [0.2, 0.25) is 10.0 Å². The lowest BCUT2D eigenvalue weighted by Gasteiger charge is -2.33. The third-order valence-corrected chi connectivity index (χ3v) is 7.32. The highest BCUT2D eigenvalue weighted by molar-refractivity contribution is 7.18. The van der Waals surface area contributed by atoms with Crippen molar-refractivity contribution in [2.75, 3.05) is 5.32 Å². The lowest BCUT2D eigenvalue weighted by atomic mass is 9.72. The fourth-order valence-corrected chi connectivity index (χ4v) is 5.82. The number of carbonyl (C=O) groups excluding carboxylic acids is 1. The molecule has 1 aliphatic carbocycles. The van der Waals surface area contributed by atoms with E-state index < -0.39 is 0 Å². The van der Waals surface area contributed by atoms with Crippen LogP contribution < -0.4 is 10.9 Å². The number of rotatable bonds is 3. The first-order valence-corrected chi connectivity index (χ1v) is 11.4. The molecule has 0 fully saturated rings. The number of thiophene rings is 1. The Kier molecular flexibility index (Phi) is 5.68. The number of hydrogen-bond acceptors (Lipinski definition) is 4. The normalized spacial score (nSPS) is 16.5. The van der Waals surface area contributed by atoms with Gasteiger partial charge in [0.15, 0.2) is 0 Å². The zero-order chi connectivity index (χ0) is 21.6. The van der Waals surface area contributed by atoms with Gasteiger partial charge in [-0.3, -0.25) is 14.2 Å². The summed E-state index contributed by atoms with van der Waals surface area (Å²) in [7, 11) is 0. The summed E-state index contributed by atoms with van der Waals surface area (Å²) in [5.74, 6) is 0.254. The predicted octanol–water partition coefficient (Wildman–Crippen LogP) is 5.55. The first-order chi connectivity index (χ1) is 14.1. The van der Waals surface area contributed by atoms with Crippen LogP contribution in [0.5, 0.6) is 0 Å². The van der Waals surface area contributed by atoms with Crippen molar-refractivity contribution in [3.05, 3.63) is 55.4 Å². The Bertz CT molecular complexity index is 1170. The van der Waals surface area contributed by atoms with Crippen molar-refractivity contribution >= 4 is 56.3 Å². The van der Waals surface area contributed by atoms with E-state index in [1.807, 2.05) is 0 Å². The van der Waals surface area contributed by atoms with Crippen molar-refractivity contribution in [1.82, 2.24) is 9.55 Å². The highest BCUT2D eigenvalue weighted by Gasteiger charge is 2.31. The Hall–Kier alpha value is -1.89. The van der Waals surface area contributed by atoms with Gasteiger partial charge in [0.2, 0.25) is 5.91 Å². The molecule has 0 spiro atoms. The SMILES string of the molecule is CC(C)(C)C1CCc2c(sc3ncn(CC(=O)Nc4cc(Cl)cc(Cl)c4)c(=O)c23)C1. The number of amides is 1. The van der Waals surface area contributed by atoms with Gasteiger partial charge in [-0.25, -0.2) is 4.98 Å². The van der Waals surface area contributed by atoms with Crippen LogP contribution in [0, 0.1) is 11.3 Å². The van der Waals surface area contributed by atoms with Crippen molar-refractivity contribution in [1.29, 1.82) is 0 Å². The summed E-state index contributed by atoms with van der Waals surface area (Å²) in [4.78, 5) is 32.1. The highest BCUT2D eigenvalue weighted by Crippen LogP contribution is 2.41. The van der Waals surface area contributed by atoms with Gasteiger partial charge in [-0.1, -0.05) is 44.0 Å². The number of anilines is 1. The van der Waals surface area contributed by atoms with Crippen LogP contribution in [0.25, 0.3) is 10.2 Å². The summed E-state index contributed by atoms with van der Waals surface area (Å²) in [6.07, 6.45) is 4.38. The molecule has 2 heterocycles. The predicted molar refractivity (Wildman–Crippen MR) is 124 cm³/mol. The average Bonchev–Trinajstić information content (AvgIpc) is 3.00. The van der Waals surface area contributed by atoms with Crippen LogP contribution in [0.3, 0.4) is 0 Å². The zero-order valence-corrected chi connectivity index (χ0v) is 19.4. The lowest BCUT2D eigenvalue weighted by molar-refractivity contribution is -0.116. The molecule has 1 unspecified atom stereocenters. The quantitative estimate of drug-likeness (QED) is 0.553. The van der Waals surface area contributed by atoms with E-state index in [1.165, 1.54) is 15.8 Å². The van der Waals surface area contributed by atoms with Crippen LogP contribution in [0.1, 0.15) is 37.6 Å². The van der Waals surface area contributed by atoms with E-state index in [-0.39, 0.29) is 23.4 Å². The Morgan fingerprint density at radius 1 is 1.27 bits per heavy atom. The van der Waals surface area contributed by atoms with E-state index in [0.717, 1.165) is 29.7 Å². The standard InChI is InChI=1S/C22H23Cl2N3O2S/c1-22(2,3)12-4-5-16-17(6-12)30-20-19(16)21(29)27(11-25-20)10-18(28)26-15-8-13(23)7-14(24)9-15/h7-9,11-12H,4-6,10H2,1-3H3,(H,26,28). The van der Waals surface area contributed by atoms with Gasteiger partial charge in [-0.15, -0.1) is 11.3 Å². The summed E-state index contributed by atoms with van der Waals surface area (Å²) in [6.45, 7) is 6.69. The van der Waals surface area contributed by atoms with Gasteiger partial charge in [0, 0.05) is 20.6 Å².